The van der Waals surface area contributed by atoms with Crippen molar-refractivity contribution in [1.82, 2.24) is 14.9 Å². The molecule has 4 heterocycles. The Morgan fingerprint density at radius 2 is 1.81 bits per heavy atom. The molecule has 3 aliphatic heterocycles. The largest absolute Gasteiger partial charge is 0.457 e. The van der Waals surface area contributed by atoms with Gasteiger partial charge in [-0.25, -0.2) is 14.8 Å². The Morgan fingerprint density at radius 1 is 1.06 bits per heavy atom. The predicted molar refractivity (Wildman–Crippen MR) is 123 cm³/mol. The summed E-state index contributed by atoms with van der Waals surface area (Å²) in [5.41, 5.74) is 4.92. The summed E-state index contributed by atoms with van der Waals surface area (Å²) >= 11 is 3.36. The standard InChI is InChI=1S/C24H29BrN4O2/c1-17-18(2-3-19-20(17)16-31-23(19)30)4-9-28-10-5-24(6-11-28)7-12-29(13-8-24)22-15-26-21(25)14-27-22/h2-3,14-15H,4-13,16H2,1H3. The van der Waals surface area contributed by atoms with Gasteiger partial charge in [-0.1, -0.05) is 6.07 Å². The Balaban J connectivity index is 1.12. The van der Waals surface area contributed by atoms with Crippen molar-refractivity contribution in [1.29, 1.82) is 0 Å². The van der Waals surface area contributed by atoms with E-state index >= 15 is 0 Å². The second-order valence-electron chi connectivity index (χ2n) is 9.23. The van der Waals surface area contributed by atoms with Gasteiger partial charge in [-0.2, -0.15) is 0 Å². The molecule has 0 atom stereocenters. The van der Waals surface area contributed by atoms with Crippen LogP contribution in [0.4, 0.5) is 5.82 Å². The average Bonchev–Trinajstić information content (AvgIpc) is 3.17. The third-order valence-electron chi connectivity index (χ3n) is 7.65. The van der Waals surface area contributed by atoms with Crippen LogP contribution in [0.15, 0.2) is 29.1 Å². The molecular weight excluding hydrogens is 456 g/mol. The van der Waals surface area contributed by atoms with Crippen molar-refractivity contribution >= 4 is 27.7 Å². The number of hydrogen-bond acceptors (Lipinski definition) is 6. The summed E-state index contributed by atoms with van der Waals surface area (Å²) in [5, 5.41) is 0. The molecule has 0 N–H and O–H groups in total. The number of carbonyl (C=O) groups is 1. The number of piperidine rings is 2. The van der Waals surface area contributed by atoms with Gasteiger partial charge in [-0.3, -0.25) is 0 Å². The van der Waals surface area contributed by atoms with E-state index in [0.29, 0.717) is 12.0 Å². The van der Waals surface area contributed by atoms with Crippen molar-refractivity contribution in [2.24, 2.45) is 5.41 Å². The van der Waals surface area contributed by atoms with Gasteiger partial charge in [0, 0.05) is 25.2 Å². The predicted octanol–water partition coefficient (Wildman–Crippen LogP) is 4.14. The first-order valence-electron chi connectivity index (χ1n) is 11.3. The Hall–Kier alpha value is -1.99. The molecule has 7 heteroatoms. The molecule has 2 aromatic rings. The highest BCUT2D eigenvalue weighted by atomic mass is 79.9. The molecule has 5 rings (SSSR count). The molecule has 164 valence electrons. The summed E-state index contributed by atoms with van der Waals surface area (Å²) in [6.45, 7) is 8.17. The van der Waals surface area contributed by atoms with E-state index in [-0.39, 0.29) is 5.97 Å². The van der Waals surface area contributed by atoms with Gasteiger partial charge in [0.1, 0.15) is 17.0 Å². The van der Waals surface area contributed by atoms with Gasteiger partial charge in [-0.05, 0) is 90.7 Å². The maximum absolute atomic E-state index is 11.8. The molecule has 0 bridgehead atoms. The maximum atomic E-state index is 11.8. The summed E-state index contributed by atoms with van der Waals surface area (Å²) in [5.74, 6) is 0.816. The molecule has 2 fully saturated rings. The number of halogens is 1. The first-order chi connectivity index (χ1) is 15.0. The van der Waals surface area contributed by atoms with Crippen LogP contribution in [0.5, 0.6) is 0 Å². The SMILES string of the molecule is Cc1c(CCN2CCC3(CC2)CCN(c2cnc(Br)cn2)CC3)ccc2c1COC2=O. The third kappa shape index (κ3) is 4.22. The quantitative estimate of drug-likeness (QED) is 0.607. The summed E-state index contributed by atoms with van der Waals surface area (Å²) in [7, 11) is 0. The monoisotopic (exact) mass is 484 g/mol. The van der Waals surface area contributed by atoms with Crippen LogP contribution in [-0.4, -0.2) is 53.6 Å². The van der Waals surface area contributed by atoms with Gasteiger partial charge < -0.3 is 14.5 Å². The minimum Gasteiger partial charge on any atom is -0.457 e. The lowest BCUT2D eigenvalue weighted by Crippen LogP contribution is -2.47. The number of aromatic nitrogens is 2. The number of fused-ring (bicyclic) bond motifs is 1. The molecule has 0 saturated carbocycles. The highest BCUT2D eigenvalue weighted by Crippen LogP contribution is 2.42. The van der Waals surface area contributed by atoms with E-state index in [4.69, 9.17) is 4.74 Å². The van der Waals surface area contributed by atoms with Crippen molar-refractivity contribution in [2.45, 2.75) is 45.6 Å². The Bertz CT molecular complexity index is 960. The number of rotatable bonds is 4. The van der Waals surface area contributed by atoms with Crippen LogP contribution in [0.1, 0.15) is 52.7 Å². The van der Waals surface area contributed by atoms with Gasteiger partial charge in [0.15, 0.2) is 0 Å². The van der Waals surface area contributed by atoms with E-state index in [1.54, 1.807) is 6.20 Å². The van der Waals surface area contributed by atoms with Crippen LogP contribution in [0.3, 0.4) is 0 Å². The van der Waals surface area contributed by atoms with Gasteiger partial charge in [0.05, 0.1) is 18.0 Å². The molecule has 1 aromatic heterocycles. The van der Waals surface area contributed by atoms with Crippen molar-refractivity contribution in [2.75, 3.05) is 37.6 Å². The van der Waals surface area contributed by atoms with Gasteiger partial charge in [0.25, 0.3) is 0 Å². The summed E-state index contributed by atoms with van der Waals surface area (Å²) in [6, 6.07) is 4.06. The molecule has 0 amide bonds. The van der Waals surface area contributed by atoms with Crippen molar-refractivity contribution in [3.05, 3.63) is 51.4 Å². The van der Waals surface area contributed by atoms with Crippen LogP contribution < -0.4 is 4.90 Å². The van der Waals surface area contributed by atoms with Crippen LogP contribution in [-0.2, 0) is 17.8 Å². The molecule has 31 heavy (non-hydrogen) atoms. The molecule has 0 radical (unpaired) electrons. The first-order valence-corrected chi connectivity index (χ1v) is 12.1. The number of ether oxygens (including phenoxy) is 1. The number of anilines is 1. The van der Waals surface area contributed by atoms with Gasteiger partial charge in [0.2, 0.25) is 0 Å². The molecule has 2 saturated heterocycles. The van der Waals surface area contributed by atoms with Crippen LogP contribution in [0.2, 0.25) is 0 Å². The lowest BCUT2D eigenvalue weighted by Gasteiger charge is -2.47. The van der Waals surface area contributed by atoms with Crippen molar-refractivity contribution < 1.29 is 9.53 Å². The number of nitrogens with zero attached hydrogens (tertiary/aromatic N) is 4. The minimum absolute atomic E-state index is 0.177. The van der Waals surface area contributed by atoms with E-state index in [1.807, 2.05) is 12.3 Å². The number of carbonyl (C=O) groups excluding carboxylic acids is 1. The summed E-state index contributed by atoms with van der Waals surface area (Å²) < 4.78 is 5.98. The van der Waals surface area contributed by atoms with Crippen LogP contribution >= 0.6 is 15.9 Å². The number of cyclic esters (lactones) is 1. The lowest BCUT2D eigenvalue weighted by molar-refractivity contribution is 0.0535. The molecule has 0 unspecified atom stereocenters. The highest BCUT2D eigenvalue weighted by molar-refractivity contribution is 9.10. The van der Waals surface area contributed by atoms with E-state index in [0.717, 1.165) is 47.6 Å². The van der Waals surface area contributed by atoms with Gasteiger partial charge >= 0.3 is 5.97 Å². The molecule has 1 aromatic carbocycles. The van der Waals surface area contributed by atoms with Crippen LogP contribution in [0, 0.1) is 12.3 Å². The number of benzene rings is 1. The smallest absolute Gasteiger partial charge is 0.338 e. The first kappa shape index (κ1) is 20.9. The fourth-order valence-corrected chi connectivity index (χ4v) is 5.58. The fourth-order valence-electron chi connectivity index (χ4n) is 5.38. The summed E-state index contributed by atoms with van der Waals surface area (Å²) in [4.78, 5) is 25.6. The maximum Gasteiger partial charge on any atom is 0.338 e. The average molecular weight is 485 g/mol. The van der Waals surface area contributed by atoms with Crippen LogP contribution in [0.25, 0.3) is 0 Å². The Morgan fingerprint density at radius 3 is 2.52 bits per heavy atom. The topological polar surface area (TPSA) is 58.6 Å². The molecule has 1 spiro atoms. The van der Waals surface area contributed by atoms with Crippen molar-refractivity contribution in [3.8, 4) is 0 Å². The molecule has 3 aliphatic rings. The van der Waals surface area contributed by atoms with E-state index in [9.17, 15) is 4.79 Å². The molecular formula is C24H29BrN4O2. The van der Waals surface area contributed by atoms with E-state index in [2.05, 4.69) is 48.7 Å². The summed E-state index contributed by atoms with van der Waals surface area (Å²) in [6.07, 6.45) is 9.76. The zero-order chi connectivity index (χ0) is 21.4. The second kappa shape index (κ2) is 8.51. The Labute approximate surface area is 192 Å². The highest BCUT2D eigenvalue weighted by Gasteiger charge is 2.37. The van der Waals surface area contributed by atoms with E-state index < -0.39 is 0 Å². The number of esters is 1. The third-order valence-corrected chi connectivity index (χ3v) is 8.06. The second-order valence-corrected chi connectivity index (χ2v) is 10.0. The molecule has 0 aliphatic carbocycles. The van der Waals surface area contributed by atoms with E-state index in [1.165, 1.54) is 49.9 Å². The minimum atomic E-state index is -0.177. The zero-order valence-corrected chi connectivity index (χ0v) is 19.7. The number of hydrogen-bond donors (Lipinski definition) is 0. The number of likely N-dealkylation sites (tertiary alicyclic amines) is 1. The normalized spacial score (nSPS) is 20.7. The molecule has 6 nitrogen and oxygen atoms in total. The zero-order valence-electron chi connectivity index (χ0n) is 18.1. The Kier molecular flexibility index (Phi) is 5.73. The van der Waals surface area contributed by atoms with Gasteiger partial charge in [-0.15, -0.1) is 0 Å². The van der Waals surface area contributed by atoms with Crippen molar-refractivity contribution in [3.63, 3.8) is 0 Å². The fraction of sp³-hybridized carbons (Fsp3) is 0.542. The lowest BCUT2D eigenvalue weighted by atomic mass is 9.71.